The van der Waals surface area contributed by atoms with Gasteiger partial charge in [-0.2, -0.15) is 0 Å². The first-order chi connectivity index (χ1) is 14.9. The summed E-state index contributed by atoms with van der Waals surface area (Å²) in [7, 11) is 2.50. The average Bonchev–Trinajstić information content (AvgIpc) is 3.33. The second-order valence-electron chi connectivity index (χ2n) is 9.48. The second-order valence-corrected chi connectivity index (χ2v) is 9.48. The Balaban J connectivity index is 1.77. The third-order valence-corrected chi connectivity index (χ3v) is 8.96. The van der Waals surface area contributed by atoms with Crippen LogP contribution in [0.3, 0.4) is 0 Å². The molecule has 3 aliphatic heterocycles. The number of para-hydroxylation sites is 1. The maximum absolute atomic E-state index is 13.3. The molecule has 3 spiro atoms. The van der Waals surface area contributed by atoms with E-state index in [1.807, 2.05) is 36.4 Å². The highest BCUT2D eigenvalue weighted by Crippen LogP contribution is 2.76. The molecule has 1 saturated heterocycles. The predicted molar refractivity (Wildman–Crippen MR) is 109 cm³/mol. The maximum Gasteiger partial charge on any atom is 0.414 e. The SMILES string of the molecule is COC(=O)N1c2ccccc2[C@@]23CCN4CC=C[C@]5(CC[C@]12[C@](O)(C(=O)OC)[C@H]5O)[C@H]43. The van der Waals surface area contributed by atoms with Crippen molar-refractivity contribution in [3.63, 3.8) is 0 Å². The van der Waals surface area contributed by atoms with Crippen molar-refractivity contribution in [2.75, 3.05) is 32.2 Å². The lowest BCUT2D eigenvalue weighted by Crippen LogP contribution is -2.90. The first-order valence-corrected chi connectivity index (χ1v) is 10.7. The molecule has 3 saturated carbocycles. The third kappa shape index (κ3) is 1.65. The number of aliphatic hydroxyl groups is 2. The lowest BCUT2D eigenvalue weighted by molar-refractivity contribution is -0.262. The molecule has 2 N–H and O–H groups in total. The minimum absolute atomic E-state index is 0.158. The summed E-state index contributed by atoms with van der Waals surface area (Å²) in [6.45, 7) is 1.47. The molecule has 7 rings (SSSR count). The molecule has 8 heteroatoms. The smallest absolute Gasteiger partial charge is 0.414 e. The van der Waals surface area contributed by atoms with Gasteiger partial charge in [-0.15, -0.1) is 0 Å². The fourth-order valence-electron chi connectivity index (χ4n) is 8.21. The fraction of sp³-hybridized carbons (Fsp3) is 0.565. The number of hydrogen-bond donors (Lipinski definition) is 2. The Morgan fingerprint density at radius 1 is 1.13 bits per heavy atom. The standard InChI is InChI=1S/C23H26N2O6/c1-30-18(27)23(29)17(26)20-8-5-12-24-13-11-21(16(20)24)14-6-3-4-7-15(14)25(19(28)31-2)22(21,23)10-9-20/h3-8,16-17,26,29H,9-13H2,1-2H3/t16-,17-,20-,21+,22-,23+/m0/s1. The second kappa shape index (κ2) is 5.68. The molecule has 2 bridgehead atoms. The van der Waals surface area contributed by atoms with Gasteiger partial charge in [0, 0.05) is 23.4 Å². The van der Waals surface area contributed by atoms with Crippen LogP contribution < -0.4 is 4.90 Å². The van der Waals surface area contributed by atoms with Gasteiger partial charge in [0.05, 0.1) is 19.9 Å². The van der Waals surface area contributed by atoms with Crippen molar-refractivity contribution in [2.24, 2.45) is 5.41 Å². The highest BCUT2D eigenvalue weighted by Gasteiger charge is 2.89. The van der Waals surface area contributed by atoms with Crippen LogP contribution in [0, 0.1) is 5.41 Å². The molecule has 1 amide bonds. The van der Waals surface area contributed by atoms with Gasteiger partial charge in [-0.05, 0) is 37.4 Å². The zero-order chi connectivity index (χ0) is 21.8. The van der Waals surface area contributed by atoms with E-state index in [0.29, 0.717) is 24.9 Å². The first kappa shape index (κ1) is 19.3. The van der Waals surface area contributed by atoms with Crippen LogP contribution in [-0.4, -0.2) is 77.8 Å². The number of carbonyl (C=O) groups is 2. The Morgan fingerprint density at radius 2 is 1.90 bits per heavy atom. The van der Waals surface area contributed by atoms with Gasteiger partial charge in [0.25, 0.3) is 0 Å². The van der Waals surface area contributed by atoms with E-state index >= 15 is 0 Å². The summed E-state index contributed by atoms with van der Waals surface area (Å²) >= 11 is 0. The summed E-state index contributed by atoms with van der Waals surface area (Å²) in [6, 6.07) is 7.42. The van der Waals surface area contributed by atoms with Crippen LogP contribution in [0.5, 0.6) is 0 Å². The summed E-state index contributed by atoms with van der Waals surface area (Å²) in [5.41, 5.74) is -3.77. The molecule has 6 aliphatic rings. The summed E-state index contributed by atoms with van der Waals surface area (Å²) in [6.07, 6.45) is 3.45. The summed E-state index contributed by atoms with van der Waals surface area (Å²) in [4.78, 5) is 30.4. The van der Waals surface area contributed by atoms with Crippen LogP contribution in [-0.2, 0) is 19.7 Å². The van der Waals surface area contributed by atoms with Crippen LogP contribution in [0.2, 0.25) is 0 Å². The topological polar surface area (TPSA) is 99.5 Å². The predicted octanol–water partition coefficient (Wildman–Crippen LogP) is 0.952. The van der Waals surface area contributed by atoms with E-state index < -0.39 is 40.1 Å². The van der Waals surface area contributed by atoms with Gasteiger partial charge < -0.3 is 19.7 Å². The Bertz CT molecular complexity index is 1040. The van der Waals surface area contributed by atoms with E-state index in [9.17, 15) is 19.8 Å². The number of benzene rings is 1. The van der Waals surface area contributed by atoms with Crippen molar-refractivity contribution in [3.05, 3.63) is 42.0 Å². The van der Waals surface area contributed by atoms with E-state index in [0.717, 1.165) is 18.7 Å². The zero-order valence-electron chi connectivity index (χ0n) is 17.6. The van der Waals surface area contributed by atoms with Crippen LogP contribution in [0.4, 0.5) is 10.5 Å². The molecule has 8 nitrogen and oxygen atoms in total. The number of esters is 1. The third-order valence-electron chi connectivity index (χ3n) is 8.96. The van der Waals surface area contributed by atoms with Crippen molar-refractivity contribution in [3.8, 4) is 0 Å². The van der Waals surface area contributed by atoms with Gasteiger partial charge in [-0.3, -0.25) is 9.80 Å². The number of anilines is 1. The first-order valence-electron chi connectivity index (χ1n) is 10.7. The normalized spacial score (nSPS) is 43.9. The molecule has 0 radical (unpaired) electrons. The molecule has 1 aromatic carbocycles. The van der Waals surface area contributed by atoms with E-state index in [-0.39, 0.29) is 6.04 Å². The quantitative estimate of drug-likeness (QED) is 0.510. The molecular weight excluding hydrogens is 400 g/mol. The van der Waals surface area contributed by atoms with Crippen molar-refractivity contribution < 1.29 is 29.3 Å². The van der Waals surface area contributed by atoms with Crippen LogP contribution in [0.25, 0.3) is 0 Å². The highest BCUT2D eigenvalue weighted by atomic mass is 16.6. The van der Waals surface area contributed by atoms with Gasteiger partial charge >= 0.3 is 12.1 Å². The molecular formula is C23H26N2O6. The number of aliphatic hydroxyl groups excluding tert-OH is 1. The van der Waals surface area contributed by atoms with Gasteiger partial charge in [0.15, 0.2) is 0 Å². The minimum atomic E-state index is -2.32. The molecule has 0 unspecified atom stereocenters. The van der Waals surface area contributed by atoms with E-state index in [2.05, 4.69) is 4.90 Å². The molecule has 31 heavy (non-hydrogen) atoms. The van der Waals surface area contributed by atoms with Gasteiger partial charge in [-0.25, -0.2) is 9.59 Å². The number of hydrogen-bond acceptors (Lipinski definition) is 7. The Kier molecular flexibility index (Phi) is 3.53. The highest BCUT2D eigenvalue weighted by molar-refractivity contribution is 5.99. The zero-order valence-corrected chi connectivity index (χ0v) is 17.6. The number of methoxy groups -OCH3 is 2. The lowest BCUT2D eigenvalue weighted by Gasteiger charge is -2.72. The largest absolute Gasteiger partial charge is 0.467 e. The molecule has 164 valence electrons. The van der Waals surface area contributed by atoms with E-state index in [1.165, 1.54) is 19.1 Å². The molecule has 1 aromatic rings. The molecule has 6 atom stereocenters. The average molecular weight is 426 g/mol. The minimum Gasteiger partial charge on any atom is -0.467 e. The van der Waals surface area contributed by atoms with Crippen molar-refractivity contribution in [1.82, 2.24) is 4.90 Å². The van der Waals surface area contributed by atoms with Crippen molar-refractivity contribution in [2.45, 2.75) is 48.0 Å². The number of amides is 1. The maximum atomic E-state index is 13.3. The number of carbonyl (C=O) groups excluding carboxylic acids is 2. The van der Waals surface area contributed by atoms with Crippen molar-refractivity contribution >= 4 is 17.7 Å². The molecule has 0 aromatic heterocycles. The number of nitrogens with zero attached hydrogens (tertiary/aromatic N) is 2. The number of rotatable bonds is 1. The number of fused-ring (bicyclic) bond motifs is 3. The summed E-state index contributed by atoms with van der Waals surface area (Å²) < 4.78 is 10.3. The van der Waals surface area contributed by atoms with Gasteiger partial charge in [-0.1, -0.05) is 30.4 Å². The van der Waals surface area contributed by atoms with Crippen LogP contribution in [0.1, 0.15) is 24.8 Å². The van der Waals surface area contributed by atoms with Crippen LogP contribution in [0.15, 0.2) is 36.4 Å². The summed E-state index contributed by atoms with van der Waals surface area (Å²) in [5.74, 6) is -0.920. The van der Waals surface area contributed by atoms with Gasteiger partial charge in [0.2, 0.25) is 5.60 Å². The van der Waals surface area contributed by atoms with E-state index in [1.54, 1.807) is 0 Å². The number of ether oxygens (including phenoxy) is 2. The monoisotopic (exact) mass is 426 g/mol. The van der Waals surface area contributed by atoms with Gasteiger partial charge in [0.1, 0.15) is 11.6 Å². The fourth-order valence-corrected chi connectivity index (χ4v) is 8.21. The summed E-state index contributed by atoms with van der Waals surface area (Å²) in [5, 5.41) is 24.0. The van der Waals surface area contributed by atoms with E-state index in [4.69, 9.17) is 9.47 Å². The molecule has 3 heterocycles. The Hall–Kier alpha value is -2.42. The lowest BCUT2D eigenvalue weighted by atomic mass is 9.37. The van der Waals surface area contributed by atoms with Crippen molar-refractivity contribution in [1.29, 1.82) is 0 Å². The Labute approximate surface area is 180 Å². The molecule has 3 aliphatic carbocycles. The molecule has 4 fully saturated rings. The van der Waals surface area contributed by atoms with Crippen LogP contribution >= 0.6 is 0 Å². The Morgan fingerprint density at radius 3 is 2.65 bits per heavy atom.